The van der Waals surface area contributed by atoms with E-state index in [9.17, 15) is 4.79 Å². The highest BCUT2D eigenvalue weighted by atomic mass is 16.5. The molecule has 0 bridgehead atoms. The maximum Gasteiger partial charge on any atom is 0.308 e. The van der Waals surface area contributed by atoms with E-state index < -0.39 is 11.9 Å². The van der Waals surface area contributed by atoms with Gasteiger partial charge in [0.05, 0.1) is 12.5 Å². The number of nitrogens with one attached hydrogen (secondary N) is 1. The van der Waals surface area contributed by atoms with Gasteiger partial charge in [0.1, 0.15) is 0 Å². The second-order valence-corrected chi connectivity index (χ2v) is 4.19. The second-order valence-electron chi connectivity index (χ2n) is 4.19. The number of carboxylic acids is 1. The predicted octanol–water partition coefficient (Wildman–Crippen LogP) is 2.35. The zero-order valence-electron chi connectivity index (χ0n) is 10.4. The molecule has 2 unspecified atom stereocenters. The van der Waals surface area contributed by atoms with Crippen LogP contribution in [0.25, 0.3) is 0 Å². The van der Waals surface area contributed by atoms with Gasteiger partial charge < -0.3 is 15.2 Å². The van der Waals surface area contributed by atoms with Crippen LogP contribution in [0.1, 0.15) is 19.4 Å². The van der Waals surface area contributed by atoms with Gasteiger partial charge in [-0.25, -0.2) is 0 Å². The molecule has 17 heavy (non-hydrogen) atoms. The molecule has 2 atom stereocenters. The Kier molecular flexibility index (Phi) is 4.97. The number of carboxylic acid groups (broad SMARTS) is 1. The van der Waals surface area contributed by atoms with Gasteiger partial charge >= 0.3 is 5.97 Å². The Labute approximate surface area is 102 Å². The van der Waals surface area contributed by atoms with Gasteiger partial charge in [0.15, 0.2) is 0 Å². The van der Waals surface area contributed by atoms with Crippen LogP contribution < -0.4 is 5.32 Å². The van der Waals surface area contributed by atoms with Crippen molar-refractivity contribution in [3.63, 3.8) is 0 Å². The Balaban J connectivity index is 2.67. The van der Waals surface area contributed by atoms with Crippen molar-refractivity contribution >= 4 is 11.7 Å². The van der Waals surface area contributed by atoms with Crippen molar-refractivity contribution in [1.29, 1.82) is 0 Å². The summed E-state index contributed by atoms with van der Waals surface area (Å²) in [6, 6.07) is 7.67. The van der Waals surface area contributed by atoms with E-state index >= 15 is 0 Å². The molecule has 0 spiro atoms. The Bertz CT molecular complexity index is 379. The molecule has 0 heterocycles. The Morgan fingerprint density at radius 2 is 2.18 bits per heavy atom. The summed E-state index contributed by atoms with van der Waals surface area (Å²) in [5.74, 6) is -1.22. The smallest absolute Gasteiger partial charge is 0.308 e. The summed E-state index contributed by atoms with van der Waals surface area (Å²) in [5, 5.41) is 12.1. The molecule has 0 saturated heterocycles. The van der Waals surface area contributed by atoms with Crippen molar-refractivity contribution in [1.82, 2.24) is 0 Å². The Morgan fingerprint density at radius 1 is 1.47 bits per heavy atom. The summed E-state index contributed by atoms with van der Waals surface area (Å²) in [4.78, 5) is 10.8. The van der Waals surface area contributed by atoms with Gasteiger partial charge in [0.25, 0.3) is 0 Å². The number of hydrogen-bond donors (Lipinski definition) is 2. The van der Waals surface area contributed by atoms with Crippen molar-refractivity contribution in [3.8, 4) is 0 Å². The molecule has 94 valence electrons. The molecule has 1 aromatic carbocycles. The third-order valence-corrected chi connectivity index (χ3v) is 2.77. The standard InChI is InChI=1S/C13H19NO3/c1-9(13(15)16)10(2)14-12-6-4-5-11(7-12)8-17-3/h4-7,9-10,14H,8H2,1-3H3,(H,15,16). The van der Waals surface area contributed by atoms with Crippen LogP contribution in [0.4, 0.5) is 5.69 Å². The van der Waals surface area contributed by atoms with Crippen LogP contribution in [0.2, 0.25) is 0 Å². The molecule has 0 radical (unpaired) electrons. The Hall–Kier alpha value is -1.55. The third-order valence-electron chi connectivity index (χ3n) is 2.77. The molecule has 0 amide bonds. The molecule has 1 rings (SSSR count). The van der Waals surface area contributed by atoms with Crippen LogP contribution in [-0.2, 0) is 16.1 Å². The lowest BCUT2D eigenvalue weighted by molar-refractivity contribution is -0.141. The fourth-order valence-corrected chi connectivity index (χ4v) is 1.52. The van der Waals surface area contributed by atoms with Crippen LogP contribution in [-0.4, -0.2) is 24.2 Å². The largest absolute Gasteiger partial charge is 0.481 e. The SMILES string of the molecule is COCc1cccc(NC(C)C(C)C(=O)O)c1. The van der Waals surface area contributed by atoms with Gasteiger partial charge in [0, 0.05) is 18.8 Å². The number of carbonyl (C=O) groups is 1. The van der Waals surface area contributed by atoms with E-state index in [4.69, 9.17) is 9.84 Å². The monoisotopic (exact) mass is 237 g/mol. The maximum atomic E-state index is 10.8. The first-order valence-corrected chi connectivity index (χ1v) is 5.61. The minimum absolute atomic E-state index is 0.120. The van der Waals surface area contributed by atoms with Gasteiger partial charge in [-0.1, -0.05) is 12.1 Å². The summed E-state index contributed by atoms with van der Waals surface area (Å²) in [5.41, 5.74) is 1.98. The number of hydrogen-bond acceptors (Lipinski definition) is 3. The van der Waals surface area contributed by atoms with E-state index in [1.807, 2.05) is 31.2 Å². The molecule has 4 nitrogen and oxygen atoms in total. The molecule has 0 aliphatic rings. The fourth-order valence-electron chi connectivity index (χ4n) is 1.52. The highest BCUT2D eigenvalue weighted by molar-refractivity contribution is 5.71. The van der Waals surface area contributed by atoms with Gasteiger partial charge in [-0.3, -0.25) is 4.79 Å². The van der Waals surface area contributed by atoms with E-state index in [2.05, 4.69) is 5.32 Å². The molecule has 4 heteroatoms. The van der Waals surface area contributed by atoms with Crippen molar-refractivity contribution in [3.05, 3.63) is 29.8 Å². The highest BCUT2D eigenvalue weighted by Crippen LogP contribution is 2.15. The number of methoxy groups -OCH3 is 1. The quantitative estimate of drug-likeness (QED) is 0.797. The predicted molar refractivity (Wildman–Crippen MR) is 67.0 cm³/mol. The number of benzene rings is 1. The van der Waals surface area contributed by atoms with Crippen molar-refractivity contribution in [2.24, 2.45) is 5.92 Å². The van der Waals surface area contributed by atoms with E-state index in [1.165, 1.54) is 0 Å². The normalized spacial score (nSPS) is 14.1. The Morgan fingerprint density at radius 3 is 2.76 bits per heavy atom. The minimum atomic E-state index is -0.793. The summed E-state index contributed by atoms with van der Waals surface area (Å²) in [7, 11) is 1.65. The van der Waals surface area contributed by atoms with Crippen molar-refractivity contribution in [2.45, 2.75) is 26.5 Å². The van der Waals surface area contributed by atoms with Crippen LogP contribution >= 0.6 is 0 Å². The number of ether oxygens (including phenoxy) is 1. The molecular formula is C13H19NO3. The van der Waals surface area contributed by atoms with Gasteiger partial charge in [-0.2, -0.15) is 0 Å². The average molecular weight is 237 g/mol. The average Bonchev–Trinajstić information content (AvgIpc) is 2.28. The molecule has 0 saturated carbocycles. The topological polar surface area (TPSA) is 58.6 Å². The van der Waals surface area contributed by atoms with Crippen molar-refractivity contribution in [2.75, 3.05) is 12.4 Å². The molecule has 0 aliphatic carbocycles. The summed E-state index contributed by atoms with van der Waals surface area (Å²) >= 11 is 0. The zero-order valence-corrected chi connectivity index (χ0v) is 10.4. The molecular weight excluding hydrogens is 218 g/mol. The molecule has 0 aromatic heterocycles. The van der Waals surface area contributed by atoms with Crippen LogP contribution in [0.15, 0.2) is 24.3 Å². The lowest BCUT2D eigenvalue weighted by Gasteiger charge is -2.19. The molecule has 2 N–H and O–H groups in total. The van der Waals surface area contributed by atoms with Gasteiger partial charge in [-0.05, 0) is 31.5 Å². The number of rotatable bonds is 6. The van der Waals surface area contributed by atoms with Gasteiger partial charge in [0.2, 0.25) is 0 Å². The minimum Gasteiger partial charge on any atom is -0.481 e. The van der Waals surface area contributed by atoms with E-state index in [0.717, 1.165) is 11.3 Å². The molecule has 1 aromatic rings. The van der Waals surface area contributed by atoms with E-state index in [0.29, 0.717) is 6.61 Å². The first-order chi connectivity index (χ1) is 8.04. The number of aliphatic carboxylic acids is 1. The molecule has 0 fully saturated rings. The highest BCUT2D eigenvalue weighted by Gasteiger charge is 2.18. The summed E-state index contributed by atoms with van der Waals surface area (Å²) in [6.07, 6.45) is 0. The summed E-state index contributed by atoms with van der Waals surface area (Å²) < 4.78 is 5.05. The lowest BCUT2D eigenvalue weighted by atomic mass is 10.0. The summed E-state index contributed by atoms with van der Waals surface area (Å²) in [6.45, 7) is 4.11. The van der Waals surface area contributed by atoms with E-state index in [1.54, 1.807) is 14.0 Å². The van der Waals surface area contributed by atoms with Gasteiger partial charge in [-0.15, -0.1) is 0 Å². The fraction of sp³-hybridized carbons (Fsp3) is 0.462. The zero-order chi connectivity index (χ0) is 12.8. The number of anilines is 1. The first-order valence-electron chi connectivity index (χ1n) is 5.61. The lowest BCUT2D eigenvalue weighted by Crippen LogP contribution is -2.29. The van der Waals surface area contributed by atoms with Crippen LogP contribution in [0.5, 0.6) is 0 Å². The first kappa shape index (κ1) is 13.5. The van der Waals surface area contributed by atoms with E-state index in [-0.39, 0.29) is 6.04 Å². The second kappa shape index (κ2) is 6.25. The maximum absolute atomic E-state index is 10.8. The van der Waals surface area contributed by atoms with Crippen LogP contribution in [0, 0.1) is 5.92 Å². The third kappa shape index (κ3) is 4.07. The van der Waals surface area contributed by atoms with Crippen molar-refractivity contribution < 1.29 is 14.6 Å². The van der Waals surface area contributed by atoms with Crippen LogP contribution in [0.3, 0.4) is 0 Å². The molecule has 0 aliphatic heterocycles.